The number of carboxylic acids is 1. The fraction of sp³-hybridized carbons (Fsp3) is 0.357. The van der Waals surface area contributed by atoms with Crippen LogP contribution < -0.4 is 24.8 Å². The predicted octanol–water partition coefficient (Wildman–Crippen LogP) is 5.69. The third-order valence-corrected chi connectivity index (χ3v) is 9.43. The lowest BCUT2D eigenvalue weighted by Gasteiger charge is -2.32. The molecule has 0 unspecified atom stereocenters. The Morgan fingerprint density at radius 1 is 1.02 bits per heavy atom. The van der Waals surface area contributed by atoms with Crippen LogP contribution in [0.1, 0.15) is 46.1 Å². The van der Waals surface area contributed by atoms with Gasteiger partial charge in [0.25, 0.3) is 0 Å². The standard InChI is InChI=1S/C42H46N4O9/c1-41(2,3)55-40(51)44-34-21-26-12-11-15-29(20-26)53-19-10-9-18-42(4,39(49)50)45-37(47)35-23-30(25-46(35)38(34)48)54-36-24-32(27-13-7-6-8-14-27)43-33-22-28(52-5)16-17-31(33)36/h6-17,20,22,24,30,34-35H,18-19,21,23,25H2,1-5H3,(H,44,51)(H,45,47)(H,49,50)/b10-9-/t30-,34-,35+,42-/m1/s1. The number of aromatic nitrogens is 1. The number of aliphatic carboxylic acids is 1. The van der Waals surface area contributed by atoms with Gasteiger partial charge < -0.3 is 39.6 Å². The number of fused-ring (bicyclic) bond motifs is 4. The van der Waals surface area contributed by atoms with Gasteiger partial charge in [-0.2, -0.15) is 0 Å². The lowest BCUT2D eigenvalue weighted by Crippen LogP contribution is -2.59. The first-order valence-corrected chi connectivity index (χ1v) is 18.1. The first-order chi connectivity index (χ1) is 26.2. The zero-order valence-corrected chi connectivity index (χ0v) is 31.5. The highest BCUT2D eigenvalue weighted by molar-refractivity contribution is 5.95. The summed E-state index contributed by atoms with van der Waals surface area (Å²) in [7, 11) is 1.57. The maximum absolute atomic E-state index is 14.7. The fourth-order valence-electron chi connectivity index (χ4n) is 6.64. The Balaban J connectivity index is 1.40. The highest BCUT2D eigenvalue weighted by Crippen LogP contribution is 2.35. The van der Waals surface area contributed by atoms with Gasteiger partial charge in [-0.05, 0) is 63.9 Å². The van der Waals surface area contributed by atoms with E-state index >= 15 is 0 Å². The van der Waals surface area contributed by atoms with Crippen LogP contribution in [0.2, 0.25) is 0 Å². The second-order valence-electron chi connectivity index (χ2n) is 14.9. The number of rotatable bonds is 6. The van der Waals surface area contributed by atoms with Crippen molar-refractivity contribution in [2.24, 2.45) is 0 Å². The van der Waals surface area contributed by atoms with Gasteiger partial charge in [0.05, 0.1) is 24.9 Å². The normalized spacial score (nSPS) is 22.5. The van der Waals surface area contributed by atoms with E-state index in [2.05, 4.69) is 10.6 Å². The molecule has 0 radical (unpaired) electrons. The molecule has 13 heteroatoms. The third-order valence-electron chi connectivity index (χ3n) is 9.43. The molecule has 2 aliphatic rings. The second kappa shape index (κ2) is 16.1. The molecule has 2 bridgehead atoms. The second-order valence-corrected chi connectivity index (χ2v) is 14.9. The molecule has 13 nitrogen and oxygen atoms in total. The lowest BCUT2D eigenvalue weighted by molar-refractivity contribution is -0.148. The van der Waals surface area contributed by atoms with Crippen molar-refractivity contribution in [3.8, 4) is 28.5 Å². The molecule has 4 atom stereocenters. The number of nitrogens with zero attached hydrogens (tertiary/aromatic N) is 2. The van der Waals surface area contributed by atoms with E-state index in [1.54, 1.807) is 70.4 Å². The number of pyridine rings is 1. The quantitative estimate of drug-likeness (QED) is 0.209. The summed E-state index contributed by atoms with van der Waals surface area (Å²) in [6, 6.07) is 21.7. The first kappa shape index (κ1) is 38.6. The monoisotopic (exact) mass is 750 g/mol. The van der Waals surface area contributed by atoms with Crippen molar-refractivity contribution in [3.05, 3.63) is 96.6 Å². The van der Waals surface area contributed by atoms with Gasteiger partial charge in [-0.1, -0.05) is 54.6 Å². The van der Waals surface area contributed by atoms with Gasteiger partial charge in [-0.15, -0.1) is 0 Å². The van der Waals surface area contributed by atoms with Crippen molar-refractivity contribution in [3.63, 3.8) is 0 Å². The Kier molecular flexibility index (Phi) is 11.3. The van der Waals surface area contributed by atoms with Crippen LogP contribution in [0.5, 0.6) is 17.2 Å². The van der Waals surface area contributed by atoms with Gasteiger partial charge in [-0.3, -0.25) is 9.59 Å². The van der Waals surface area contributed by atoms with Crippen molar-refractivity contribution in [1.82, 2.24) is 20.5 Å². The number of carboxylic acid groups (broad SMARTS) is 1. The minimum absolute atomic E-state index is 0.0340. The molecule has 2 aliphatic heterocycles. The van der Waals surface area contributed by atoms with Crippen molar-refractivity contribution >= 4 is 34.8 Å². The number of hydrogen-bond donors (Lipinski definition) is 3. The molecule has 1 saturated heterocycles. The number of benzene rings is 3. The molecule has 0 saturated carbocycles. The first-order valence-electron chi connectivity index (χ1n) is 18.1. The van der Waals surface area contributed by atoms with Gasteiger partial charge in [0, 0.05) is 35.9 Å². The van der Waals surface area contributed by atoms with Gasteiger partial charge in [0.2, 0.25) is 11.8 Å². The van der Waals surface area contributed by atoms with Gasteiger partial charge >= 0.3 is 12.1 Å². The molecule has 6 rings (SSSR count). The topological polar surface area (TPSA) is 166 Å². The summed E-state index contributed by atoms with van der Waals surface area (Å²) < 4.78 is 23.6. The Labute approximate surface area is 319 Å². The van der Waals surface area contributed by atoms with E-state index in [1.165, 1.54) is 11.8 Å². The number of methoxy groups -OCH3 is 1. The van der Waals surface area contributed by atoms with E-state index in [0.717, 1.165) is 5.56 Å². The molecule has 0 aliphatic carbocycles. The molecule has 3 heterocycles. The Morgan fingerprint density at radius 3 is 2.53 bits per heavy atom. The SMILES string of the molecule is COc1ccc2c(O[C@@H]3C[C@H]4C(=O)N[C@@](C)(C(=O)O)C/C=C\COc5cccc(c5)C[C@@H](NC(=O)OC(C)(C)C)C(=O)N4C3)cc(-c3ccccc3)nc2c1. The number of alkyl carbamates (subject to hydrolysis) is 1. The maximum Gasteiger partial charge on any atom is 0.408 e. The predicted molar refractivity (Wildman–Crippen MR) is 205 cm³/mol. The summed E-state index contributed by atoms with van der Waals surface area (Å²) in [4.78, 5) is 60.9. The van der Waals surface area contributed by atoms with Gasteiger partial charge in [0.15, 0.2) is 0 Å². The summed E-state index contributed by atoms with van der Waals surface area (Å²) in [5.74, 6) is -0.880. The summed E-state index contributed by atoms with van der Waals surface area (Å²) in [5.41, 5.74) is 0.255. The number of nitrogens with one attached hydrogen (secondary N) is 2. The molecule has 0 spiro atoms. The Morgan fingerprint density at radius 2 is 1.80 bits per heavy atom. The van der Waals surface area contributed by atoms with Crippen molar-refractivity contribution in [2.45, 2.75) is 76.3 Å². The van der Waals surface area contributed by atoms with Crippen LogP contribution in [-0.4, -0.2) is 88.5 Å². The van der Waals surface area contributed by atoms with Crippen LogP contribution in [-0.2, 0) is 25.5 Å². The van der Waals surface area contributed by atoms with E-state index in [1.807, 2.05) is 48.5 Å². The smallest absolute Gasteiger partial charge is 0.408 e. The molecule has 3 aromatic carbocycles. The lowest BCUT2D eigenvalue weighted by atomic mass is 9.96. The molecule has 4 aromatic rings. The largest absolute Gasteiger partial charge is 0.497 e. The van der Waals surface area contributed by atoms with Crippen LogP contribution in [0.15, 0.2) is 91.0 Å². The molecule has 3 amide bonds. The van der Waals surface area contributed by atoms with Crippen LogP contribution in [0.4, 0.5) is 4.79 Å². The van der Waals surface area contributed by atoms with Crippen molar-refractivity contribution < 1.29 is 43.2 Å². The Bertz CT molecular complexity index is 2100. The number of ether oxygens (including phenoxy) is 4. The van der Waals surface area contributed by atoms with Gasteiger partial charge in [0.1, 0.15) is 53.2 Å². The minimum atomic E-state index is -1.71. The average Bonchev–Trinajstić information content (AvgIpc) is 3.57. The molecule has 1 fully saturated rings. The Hall–Kier alpha value is -6.11. The molecule has 288 valence electrons. The van der Waals surface area contributed by atoms with Crippen molar-refractivity contribution in [1.29, 1.82) is 0 Å². The van der Waals surface area contributed by atoms with Gasteiger partial charge in [-0.25, -0.2) is 14.6 Å². The zero-order valence-electron chi connectivity index (χ0n) is 31.5. The summed E-state index contributed by atoms with van der Waals surface area (Å²) >= 11 is 0. The minimum Gasteiger partial charge on any atom is -0.497 e. The zero-order chi connectivity index (χ0) is 39.3. The summed E-state index contributed by atoms with van der Waals surface area (Å²) in [6.07, 6.45) is 1.84. The highest BCUT2D eigenvalue weighted by Gasteiger charge is 2.46. The number of carbonyl (C=O) groups excluding carboxylic acids is 3. The van der Waals surface area contributed by atoms with E-state index in [-0.39, 0.29) is 32.4 Å². The van der Waals surface area contributed by atoms with Crippen molar-refractivity contribution in [2.75, 3.05) is 20.3 Å². The highest BCUT2D eigenvalue weighted by atomic mass is 16.6. The number of carbonyl (C=O) groups is 4. The van der Waals surface area contributed by atoms with Crippen LogP contribution in [0.25, 0.3) is 22.2 Å². The van der Waals surface area contributed by atoms with Crippen LogP contribution in [0.3, 0.4) is 0 Å². The molecular weight excluding hydrogens is 704 g/mol. The van der Waals surface area contributed by atoms with E-state index in [0.29, 0.717) is 39.4 Å². The molecule has 55 heavy (non-hydrogen) atoms. The average molecular weight is 751 g/mol. The summed E-state index contributed by atoms with van der Waals surface area (Å²) in [6.45, 7) is 6.66. The third kappa shape index (κ3) is 9.34. The number of amides is 3. The fourth-order valence-corrected chi connectivity index (χ4v) is 6.64. The van der Waals surface area contributed by atoms with E-state index in [4.69, 9.17) is 23.9 Å². The molecular formula is C42H46N4O9. The van der Waals surface area contributed by atoms with E-state index in [9.17, 15) is 24.3 Å². The summed E-state index contributed by atoms with van der Waals surface area (Å²) in [5, 5.41) is 16.4. The molecule has 3 N–H and O–H groups in total. The maximum atomic E-state index is 14.7. The van der Waals surface area contributed by atoms with Crippen LogP contribution in [0, 0.1) is 0 Å². The van der Waals surface area contributed by atoms with E-state index < -0.39 is 53.2 Å². The number of hydrogen-bond acceptors (Lipinski definition) is 9. The van der Waals surface area contributed by atoms with Crippen LogP contribution >= 0.6 is 0 Å². The molecule has 1 aromatic heterocycles.